The molecule has 0 amide bonds. The van der Waals surface area contributed by atoms with Crippen LogP contribution in [0.15, 0.2) is 54.4 Å². The first-order valence-corrected chi connectivity index (χ1v) is 6.55. The molecule has 1 heterocycles. The van der Waals surface area contributed by atoms with Crippen molar-refractivity contribution >= 4 is 12.0 Å². The number of carbonyl (C=O) groups excluding carboxylic acids is 1. The maximum Gasteiger partial charge on any atom is 0.348 e. The molecule has 0 saturated heterocycles. The summed E-state index contributed by atoms with van der Waals surface area (Å²) in [6.07, 6.45) is 4.89. The van der Waals surface area contributed by atoms with E-state index in [1.807, 2.05) is 18.2 Å². The summed E-state index contributed by atoms with van der Waals surface area (Å²) in [5.41, 5.74) is 1.70. The highest BCUT2D eigenvalue weighted by atomic mass is 16.5. The lowest BCUT2D eigenvalue weighted by Crippen LogP contribution is -2.02. The van der Waals surface area contributed by atoms with Gasteiger partial charge in [-0.1, -0.05) is 12.1 Å². The number of methoxy groups -OCH3 is 1. The first-order chi connectivity index (χ1) is 10.7. The van der Waals surface area contributed by atoms with Crippen molar-refractivity contribution < 1.29 is 14.3 Å². The minimum Gasteiger partial charge on any atom is -0.489 e. The van der Waals surface area contributed by atoms with Crippen LogP contribution in [0.25, 0.3) is 6.08 Å². The van der Waals surface area contributed by atoms with Crippen molar-refractivity contribution in [3.63, 3.8) is 0 Å². The number of esters is 1. The molecule has 0 unspecified atom stereocenters. The number of hydrogen-bond donors (Lipinski definition) is 0. The van der Waals surface area contributed by atoms with Gasteiger partial charge in [0.15, 0.2) is 0 Å². The number of pyridine rings is 1. The van der Waals surface area contributed by atoms with Crippen LogP contribution in [0.4, 0.5) is 0 Å². The minimum absolute atomic E-state index is 0.0482. The molecule has 0 saturated carbocycles. The Morgan fingerprint density at radius 1 is 1.23 bits per heavy atom. The number of nitriles is 1. The molecule has 2 aromatic rings. The van der Waals surface area contributed by atoms with E-state index in [1.54, 1.807) is 36.7 Å². The topological polar surface area (TPSA) is 72.2 Å². The Kier molecular flexibility index (Phi) is 5.27. The summed E-state index contributed by atoms with van der Waals surface area (Å²) in [7, 11) is 1.24. The lowest BCUT2D eigenvalue weighted by Gasteiger charge is -2.06. The summed E-state index contributed by atoms with van der Waals surface area (Å²) in [6.45, 7) is 0.448. The zero-order chi connectivity index (χ0) is 15.8. The predicted molar refractivity (Wildman–Crippen MR) is 80.6 cm³/mol. The Bertz CT molecular complexity index is 701. The molecular weight excluding hydrogens is 280 g/mol. The van der Waals surface area contributed by atoms with Gasteiger partial charge in [0, 0.05) is 12.4 Å². The molecule has 0 atom stereocenters. The van der Waals surface area contributed by atoms with Gasteiger partial charge in [-0.2, -0.15) is 5.26 Å². The predicted octanol–water partition coefficient (Wildman–Crippen LogP) is 2.74. The molecule has 0 bridgehead atoms. The summed E-state index contributed by atoms with van der Waals surface area (Å²) < 4.78 is 10.2. The minimum atomic E-state index is -0.652. The third-order valence-electron chi connectivity index (χ3n) is 2.87. The van der Waals surface area contributed by atoms with E-state index in [0.717, 1.165) is 11.1 Å². The van der Waals surface area contributed by atoms with Crippen LogP contribution in [0, 0.1) is 11.3 Å². The second-order valence-electron chi connectivity index (χ2n) is 4.37. The van der Waals surface area contributed by atoms with Gasteiger partial charge in [-0.25, -0.2) is 4.79 Å². The van der Waals surface area contributed by atoms with Crippen LogP contribution >= 0.6 is 0 Å². The smallest absolute Gasteiger partial charge is 0.348 e. The van der Waals surface area contributed by atoms with Crippen molar-refractivity contribution in [2.24, 2.45) is 0 Å². The first-order valence-electron chi connectivity index (χ1n) is 6.55. The highest BCUT2D eigenvalue weighted by molar-refractivity contribution is 5.97. The monoisotopic (exact) mass is 294 g/mol. The standard InChI is InChI=1S/C17H14N2O3/c1-21-17(20)15(11-18)10-13-2-4-16(5-3-13)22-12-14-6-8-19-9-7-14/h2-10H,12H2,1H3/b15-10+. The molecule has 0 aliphatic heterocycles. The van der Waals surface area contributed by atoms with Crippen molar-refractivity contribution in [1.82, 2.24) is 4.98 Å². The number of benzene rings is 1. The van der Waals surface area contributed by atoms with Gasteiger partial charge in [-0.3, -0.25) is 4.98 Å². The molecule has 0 fully saturated rings. The quantitative estimate of drug-likeness (QED) is 0.481. The van der Waals surface area contributed by atoms with Crippen LogP contribution < -0.4 is 4.74 Å². The molecule has 1 aromatic heterocycles. The van der Waals surface area contributed by atoms with Crippen molar-refractivity contribution in [2.45, 2.75) is 6.61 Å². The van der Waals surface area contributed by atoms with Crippen LogP contribution in [-0.4, -0.2) is 18.1 Å². The van der Waals surface area contributed by atoms with E-state index in [0.29, 0.717) is 12.4 Å². The Balaban J connectivity index is 2.03. The average Bonchev–Trinajstić information content (AvgIpc) is 2.59. The Morgan fingerprint density at radius 3 is 2.50 bits per heavy atom. The van der Waals surface area contributed by atoms with Crippen LogP contribution in [-0.2, 0) is 16.1 Å². The fourth-order valence-corrected chi connectivity index (χ4v) is 1.72. The van der Waals surface area contributed by atoms with Crippen LogP contribution in [0.3, 0.4) is 0 Å². The van der Waals surface area contributed by atoms with Gasteiger partial charge >= 0.3 is 5.97 Å². The third-order valence-corrected chi connectivity index (χ3v) is 2.87. The van der Waals surface area contributed by atoms with E-state index >= 15 is 0 Å². The second-order valence-corrected chi connectivity index (χ2v) is 4.37. The maximum absolute atomic E-state index is 11.3. The highest BCUT2D eigenvalue weighted by Gasteiger charge is 2.08. The lowest BCUT2D eigenvalue weighted by molar-refractivity contribution is -0.135. The Hall–Kier alpha value is -3.13. The van der Waals surface area contributed by atoms with Gasteiger partial charge in [0.25, 0.3) is 0 Å². The van der Waals surface area contributed by atoms with E-state index in [1.165, 1.54) is 13.2 Å². The molecule has 5 nitrogen and oxygen atoms in total. The fraction of sp³-hybridized carbons (Fsp3) is 0.118. The largest absolute Gasteiger partial charge is 0.489 e. The number of aromatic nitrogens is 1. The Morgan fingerprint density at radius 2 is 1.91 bits per heavy atom. The number of carbonyl (C=O) groups is 1. The molecule has 1 aromatic carbocycles. The van der Waals surface area contributed by atoms with Crippen molar-refractivity contribution in [2.75, 3.05) is 7.11 Å². The molecule has 0 aliphatic rings. The average molecular weight is 294 g/mol. The van der Waals surface area contributed by atoms with Crippen LogP contribution in [0.5, 0.6) is 5.75 Å². The molecule has 110 valence electrons. The molecule has 0 radical (unpaired) electrons. The zero-order valence-electron chi connectivity index (χ0n) is 12.0. The first kappa shape index (κ1) is 15.3. The van der Waals surface area contributed by atoms with E-state index in [9.17, 15) is 4.79 Å². The van der Waals surface area contributed by atoms with Gasteiger partial charge in [-0.15, -0.1) is 0 Å². The van der Waals surface area contributed by atoms with Crippen LogP contribution in [0.2, 0.25) is 0 Å². The molecule has 5 heteroatoms. The van der Waals surface area contributed by atoms with Crippen molar-refractivity contribution in [3.05, 3.63) is 65.5 Å². The molecule has 0 aliphatic carbocycles. The Labute approximate surface area is 128 Å². The number of hydrogen-bond acceptors (Lipinski definition) is 5. The van der Waals surface area contributed by atoms with Crippen molar-refractivity contribution in [1.29, 1.82) is 5.26 Å². The summed E-state index contributed by atoms with van der Waals surface area (Å²) in [5.74, 6) is 0.0473. The number of rotatable bonds is 5. The molecule has 0 N–H and O–H groups in total. The van der Waals surface area contributed by atoms with Gasteiger partial charge in [0.05, 0.1) is 7.11 Å². The number of nitrogens with zero attached hydrogens (tertiary/aromatic N) is 2. The lowest BCUT2D eigenvalue weighted by atomic mass is 10.1. The van der Waals surface area contributed by atoms with Crippen LogP contribution in [0.1, 0.15) is 11.1 Å². The van der Waals surface area contributed by atoms with Gasteiger partial charge in [-0.05, 0) is 41.5 Å². The molecule has 22 heavy (non-hydrogen) atoms. The van der Waals surface area contributed by atoms with E-state index < -0.39 is 5.97 Å². The van der Waals surface area contributed by atoms with E-state index in [2.05, 4.69) is 9.72 Å². The highest BCUT2D eigenvalue weighted by Crippen LogP contribution is 2.16. The zero-order valence-corrected chi connectivity index (χ0v) is 12.0. The summed E-state index contributed by atoms with van der Waals surface area (Å²) in [5, 5.41) is 8.90. The normalized spacial score (nSPS) is 10.6. The van der Waals surface area contributed by atoms with E-state index in [4.69, 9.17) is 10.00 Å². The molecule has 2 rings (SSSR count). The van der Waals surface area contributed by atoms with Gasteiger partial charge < -0.3 is 9.47 Å². The van der Waals surface area contributed by atoms with Gasteiger partial charge in [0.1, 0.15) is 24.0 Å². The summed E-state index contributed by atoms with van der Waals surface area (Å²) >= 11 is 0. The van der Waals surface area contributed by atoms with Crippen molar-refractivity contribution in [3.8, 4) is 11.8 Å². The second kappa shape index (κ2) is 7.60. The maximum atomic E-state index is 11.3. The van der Waals surface area contributed by atoms with Gasteiger partial charge in [0.2, 0.25) is 0 Å². The summed E-state index contributed by atoms with van der Waals surface area (Å²) in [4.78, 5) is 15.3. The van der Waals surface area contributed by atoms with E-state index in [-0.39, 0.29) is 5.57 Å². The SMILES string of the molecule is COC(=O)/C(C#N)=C/c1ccc(OCc2ccncc2)cc1. The fourth-order valence-electron chi connectivity index (χ4n) is 1.72. The third kappa shape index (κ3) is 4.18. The molecular formula is C17H14N2O3. The number of ether oxygens (including phenoxy) is 2. The molecule has 0 spiro atoms. The summed E-state index contributed by atoms with van der Waals surface area (Å²) in [6, 6.07) is 12.7.